The highest BCUT2D eigenvalue weighted by Gasteiger charge is 2.08. The van der Waals surface area contributed by atoms with Gasteiger partial charge in [-0.2, -0.15) is 0 Å². The van der Waals surface area contributed by atoms with Crippen LogP contribution < -0.4 is 15.2 Å². The average molecular weight is 267 g/mol. The maximum Gasteiger partial charge on any atom is 0.306 e. The SMILES string of the molecule is CCOC(=O)CCc1ccc(OCCN)c(OC)c1. The summed E-state index contributed by atoms with van der Waals surface area (Å²) in [5, 5.41) is 0. The maximum atomic E-state index is 11.3. The Kier molecular flexibility index (Phi) is 6.74. The molecule has 19 heavy (non-hydrogen) atoms. The Hall–Kier alpha value is -1.75. The van der Waals surface area contributed by atoms with Gasteiger partial charge in [-0.15, -0.1) is 0 Å². The Morgan fingerprint density at radius 1 is 1.32 bits per heavy atom. The van der Waals surface area contributed by atoms with E-state index in [-0.39, 0.29) is 5.97 Å². The lowest BCUT2D eigenvalue weighted by Crippen LogP contribution is -2.11. The number of benzene rings is 1. The molecule has 5 nitrogen and oxygen atoms in total. The van der Waals surface area contributed by atoms with Gasteiger partial charge in [0.25, 0.3) is 0 Å². The minimum Gasteiger partial charge on any atom is -0.493 e. The van der Waals surface area contributed by atoms with E-state index in [9.17, 15) is 4.79 Å². The van der Waals surface area contributed by atoms with Crippen molar-refractivity contribution in [2.75, 3.05) is 26.9 Å². The van der Waals surface area contributed by atoms with Gasteiger partial charge in [-0.25, -0.2) is 0 Å². The van der Waals surface area contributed by atoms with E-state index >= 15 is 0 Å². The molecule has 0 aromatic heterocycles. The molecule has 0 heterocycles. The number of esters is 1. The lowest BCUT2D eigenvalue weighted by molar-refractivity contribution is -0.143. The van der Waals surface area contributed by atoms with Gasteiger partial charge in [0.1, 0.15) is 6.61 Å². The van der Waals surface area contributed by atoms with Crippen molar-refractivity contribution in [1.82, 2.24) is 0 Å². The number of methoxy groups -OCH3 is 1. The predicted octanol–water partition coefficient (Wildman–Crippen LogP) is 1.53. The van der Waals surface area contributed by atoms with Crippen molar-refractivity contribution in [3.05, 3.63) is 23.8 Å². The van der Waals surface area contributed by atoms with Gasteiger partial charge in [-0.3, -0.25) is 4.79 Å². The zero-order valence-electron chi connectivity index (χ0n) is 11.5. The quantitative estimate of drug-likeness (QED) is 0.723. The van der Waals surface area contributed by atoms with Crippen molar-refractivity contribution < 1.29 is 19.0 Å². The summed E-state index contributed by atoms with van der Waals surface area (Å²) in [6.07, 6.45) is 0.979. The first-order valence-corrected chi connectivity index (χ1v) is 6.36. The van der Waals surface area contributed by atoms with Gasteiger partial charge in [0.15, 0.2) is 11.5 Å². The van der Waals surface area contributed by atoms with E-state index in [0.29, 0.717) is 44.1 Å². The van der Waals surface area contributed by atoms with Crippen LogP contribution in [0.2, 0.25) is 0 Å². The zero-order chi connectivity index (χ0) is 14.1. The number of hydrogen-bond acceptors (Lipinski definition) is 5. The molecular weight excluding hydrogens is 246 g/mol. The molecule has 0 fully saturated rings. The Balaban J connectivity index is 2.63. The minimum absolute atomic E-state index is 0.190. The normalized spacial score (nSPS) is 10.1. The molecule has 106 valence electrons. The lowest BCUT2D eigenvalue weighted by atomic mass is 10.1. The summed E-state index contributed by atoms with van der Waals surface area (Å²) >= 11 is 0. The molecule has 0 aliphatic heterocycles. The summed E-state index contributed by atoms with van der Waals surface area (Å²) in [6, 6.07) is 5.60. The van der Waals surface area contributed by atoms with Crippen molar-refractivity contribution in [3.8, 4) is 11.5 Å². The predicted molar refractivity (Wildman–Crippen MR) is 72.5 cm³/mol. The van der Waals surface area contributed by atoms with Gasteiger partial charge in [0.05, 0.1) is 13.7 Å². The Labute approximate surface area is 113 Å². The molecule has 2 N–H and O–H groups in total. The molecule has 0 saturated heterocycles. The molecule has 0 unspecified atom stereocenters. The van der Waals surface area contributed by atoms with Crippen LogP contribution >= 0.6 is 0 Å². The number of hydrogen-bond donors (Lipinski definition) is 1. The second-order valence-corrected chi connectivity index (χ2v) is 3.93. The zero-order valence-corrected chi connectivity index (χ0v) is 11.5. The largest absolute Gasteiger partial charge is 0.493 e. The van der Waals surface area contributed by atoms with Crippen molar-refractivity contribution in [2.24, 2.45) is 5.73 Å². The van der Waals surface area contributed by atoms with Crippen molar-refractivity contribution in [2.45, 2.75) is 19.8 Å². The standard InChI is InChI=1S/C14H21NO4/c1-3-18-14(16)7-5-11-4-6-12(19-9-8-15)13(10-11)17-2/h4,6,10H,3,5,7-9,15H2,1-2H3. The first-order valence-electron chi connectivity index (χ1n) is 6.36. The lowest BCUT2D eigenvalue weighted by Gasteiger charge is -2.11. The molecule has 0 bridgehead atoms. The smallest absolute Gasteiger partial charge is 0.306 e. The Morgan fingerprint density at radius 3 is 2.74 bits per heavy atom. The number of aryl methyl sites for hydroxylation is 1. The summed E-state index contributed by atoms with van der Waals surface area (Å²) in [6.45, 7) is 3.10. The van der Waals surface area contributed by atoms with Gasteiger partial charge in [0.2, 0.25) is 0 Å². The van der Waals surface area contributed by atoms with Gasteiger partial charge in [-0.1, -0.05) is 6.07 Å². The van der Waals surface area contributed by atoms with E-state index in [1.807, 2.05) is 18.2 Å². The van der Waals surface area contributed by atoms with Crippen molar-refractivity contribution >= 4 is 5.97 Å². The van der Waals surface area contributed by atoms with E-state index in [2.05, 4.69) is 0 Å². The topological polar surface area (TPSA) is 70.8 Å². The molecule has 5 heteroatoms. The van der Waals surface area contributed by atoms with E-state index in [0.717, 1.165) is 5.56 Å². The van der Waals surface area contributed by atoms with Crippen LogP contribution in [0, 0.1) is 0 Å². The van der Waals surface area contributed by atoms with Crippen LogP contribution in [0.1, 0.15) is 18.9 Å². The minimum atomic E-state index is -0.190. The van der Waals surface area contributed by atoms with Crippen molar-refractivity contribution in [1.29, 1.82) is 0 Å². The first-order chi connectivity index (χ1) is 9.21. The van der Waals surface area contributed by atoms with E-state index < -0.39 is 0 Å². The molecular formula is C14H21NO4. The van der Waals surface area contributed by atoms with Crippen LogP contribution in [0.15, 0.2) is 18.2 Å². The molecule has 1 rings (SSSR count). The van der Waals surface area contributed by atoms with Gasteiger partial charge >= 0.3 is 5.97 Å². The van der Waals surface area contributed by atoms with Crippen LogP contribution in [0.25, 0.3) is 0 Å². The number of nitrogens with two attached hydrogens (primary N) is 1. The maximum absolute atomic E-state index is 11.3. The highest BCUT2D eigenvalue weighted by Crippen LogP contribution is 2.28. The fourth-order valence-corrected chi connectivity index (χ4v) is 1.64. The van der Waals surface area contributed by atoms with Gasteiger partial charge in [-0.05, 0) is 31.0 Å². The van der Waals surface area contributed by atoms with Gasteiger partial charge in [0, 0.05) is 13.0 Å². The number of carbonyl (C=O) groups excluding carboxylic acids is 1. The van der Waals surface area contributed by atoms with Crippen LogP contribution in [-0.4, -0.2) is 32.8 Å². The number of carbonyl (C=O) groups is 1. The number of ether oxygens (including phenoxy) is 3. The molecule has 0 aliphatic rings. The third kappa shape index (κ3) is 5.18. The summed E-state index contributed by atoms with van der Waals surface area (Å²) in [7, 11) is 1.58. The molecule has 0 atom stereocenters. The molecule has 0 radical (unpaired) electrons. The Bertz CT molecular complexity index is 406. The van der Waals surface area contributed by atoms with E-state index in [1.165, 1.54) is 0 Å². The molecule has 0 aliphatic carbocycles. The van der Waals surface area contributed by atoms with E-state index in [1.54, 1.807) is 14.0 Å². The average Bonchev–Trinajstić information content (AvgIpc) is 2.43. The second kappa shape index (κ2) is 8.37. The van der Waals surface area contributed by atoms with Crippen molar-refractivity contribution in [3.63, 3.8) is 0 Å². The van der Waals surface area contributed by atoms with Crippen LogP contribution in [0.3, 0.4) is 0 Å². The fourth-order valence-electron chi connectivity index (χ4n) is 1.64. The first kappa shape index (κ1) is 15.3. The van der Waals surface area contributed by atoms with Crippen LogP contribution in [0.4, 0.5) is 0 Å². The molecule has 0 saturated carbocycles. The summed E-state index contributed by atoms with van der Waals surface area (Å²) in [4.78, 5) is 11.3. The summed E-state index contributed by atoms with van der Waals surface area (Å²) < 4.78 is 15.6. The molecule has 0 spiro atoms. The van der Waals surface area contributed by atoms with Crippen LogP contribution in [-0.2, 0) is 16.0 Å². The second-order valence-electron chi connectivity index (χ2n) is 3.93. The number of rotatable bonds is 8. The highest BCUT2D eigenvalue weighted by atomic mass is 16.5. The summed E-state index contributed by atoms with van der Waals surface area (Å²) in [5.74, 6) is 1.12. The third-order valence-electron chi connectivity index (χ3n) is 2.53. The Morgan fingerprint density at radius 2 is 2.11 bits per heavy atom. The third-order valence-corrected chi connectivity index (χ3v) is 2.53. The molecule has 1 aromatic rings. The summed E-state index contributed by atoms with van der Waals surface area (Å²) in [5.41, 5.74) is 6.39. The van der Waals surface area contributed by atoms with E-state index in [4.69, 9.17) is 19.9 Å². The molecule has 0 amide bonds. The molecule has 1 aromatic carbocycles. The monoisotopic (exact) mass is 267 g/mol. The highest BCUT2D eigenvalue weighted by molar-refractivity contribution is 5.69. The van der Waals surface area contributed by atoms with Gasteiger partial charge < -0.3 is 19.9 Å². The fraction of sp³-hybridized carbons (Fsp3) is 0.500. The van der Waals surface area contributed by atoms with Crippen LogP contribution in [0.5, 0.6) is 11.5 Å².